The zero-order chi connectivity index (χ0) is 11.4. The van der Waals surface area contributed by atoms with Gasteiger partial charge in [0.25, 0.3) is 0 Å². The van der Waals surface area contributed by atoms with Crippen LogP contribution < -0.4 is 0 Å². The van der Waals surface area contributed by atoms with Crippen molar-refractivity contribution >= 4 is 0 Å². The molecule has 0 spiro atoms. The molecule has 0 radical (unpaired) electrons. The van der Waals surface area contributed by atoms with E-state index in [-0.39, 0.29) is 12.6 Å². The number of aliphatic hydroxyl groups is 1. The van der Waals surface area contributed by atoms with Gasteiger partial charge in [0.05, 0.1) is 6.61 Å². The predicted molar refractivity (Wildman–Crippen MR) is 66.1 cm³/mol. The van der Waals surface area contributed by atoms with Crippen LogP contribution in [-0.4, -0.2) is 29.2 Å². The Kier molecular flexibility index (Phi) is 3.75. The molecule has 0 aliphatic carbocycles. The molecule has 1 saturated heterocycles. The van der Waals surface area contributed by atoms with Crippen molar-refractivity contribution in [3.8, 4) is 0 Å². The van der Waals surface area contributed by atoms with Gasteiger partial charge < -0.3 is 5.11 Å². The van der Waals surface area contributed by atoms with Gasteiger partial charge in [-0.05, 0) is 18.4 Å². The minimum atomic E-state index is 0.228. The van der Waals surface area contributed by atoms with Gasteiger partial charge in [0.15, 0.2) is 0 Å². The molecule has 0 bridgehead atoms. The lowest BCUT2D eigenvalue weighted by Crippen LogP contribution is -2.41. The van der Waals surface area contributed by atoms with Crippen molar-refractivity contribution in [3.05, 3.63) is 48.0 Å². The fraction of sp³-hybridized carbons (Fsp3) is 0.429. The van der Waals surface area contributed by atoms with Crippen LogP contribution in [0.5, 0.6) is 0 Å². The summed E-state index contributed by atoms with van der Waals surface area (Å²) in [5.74, 6) is 0. The van der Waals surface area contributed by atoms with Crippen LogP contribution in [0.25, 0.3) is 0 Å². The maximum atomic E-state index is 9.37. The van der Waals surface area contributed by atoms with Crippen LogP contribution >= 0.6 is 0 Å². The molecule has 1 aromatic rings. The third-order valence-corrected chi connectivity index (χ3v) is 3.23. The topological polar surface area (TPSA) is 23.5 Å². The molecular weight excluding hydrogens is 198 g/mol. The molecule has 0 saturated carbocycles. The van der Waals surface area contributed by atoms with Crippen LogP contribution in [0.15, 0.2) is 42.5 Å². The number of hydrogen-bond acceptors (Lipinski definition) is 2. The molecule has 2 heteroatoms. The van der Waals surface area contributed by atoms with E-state index < -0.39 is 0 Å². The molecular formula is C14H19NO. The number of aliphatic hydroxyl groups excluding tert-OH is 1. The lowest BCUT2D eigenvalue weighted by molar-refractivity contribution is 0.102. The SMILES string of the molecule is C=C1CCN(Cc2ccccc2)[C@@H](CO)C1. The van der Waals surface area contributed by atoms with Gasteiger partial charge in [0.1, 0.15) is 0 Å². The van der Waals surface area contributed by atoms with Crippen LogP contribution in [0, 0.1) is 0 Å². The average molecular weight is 217 g/mol. The molecule has 1 aromatic carbocycles. The average Bonchev–Trinajstić information content (AvgIpc) is 2.33. The van der Waals surface area contributed by atoms with Gasteiger partial charge in [0, 0.05) is 19.1 Å². The Balaban J connectivity index is 2.01. The molecule has 1 atom stereocenters. The van der Waals surface area contributed by atoms with Crippen molar-refractivity contribution < 1.29 is 5.11 Å². The zero-order valence-corrected chi connectivity index (χ0v) is 9.60. The van der Waals surface area contributed by atoms with Crippen molar-refractivity contribution in [2.45, 2.75) is 25.4 Å². The lowest BCUT2D eigenvalue weighted by atomic mass is 9.98. The minimum absolute atomic E-state index is 0.228. The van der Waals surface area contributed by atoms with Crippen molar-refractivity contribution in [2.75, 3.05) is 13.2 Å². The highest BCUT2D eigenvalue weighted by Crippen LogP contribution is 2.22. The van der Waals surface area contributed by atoms with Gasteiger partial charge in [-0.2, -0.15) is 0 Å². The lowest BCUT2D eigenvalue weighted by Gasteiger charge is -2.35. The Morgan fingerprint density at radius 3 is 2.75 bits per heavy atom. The summed E-state index contributed by atoms with van der Waals surface area (Å²) >= 11 is 0. The van der Waals surface area contributed by atoms with Gasteiger partial charge in [-0.25, -0.2) is 0 Å². The first-order valence-electron chi connectivity index (χ1n) is 5.85. The van der Waals surface area contributed by atoms with Crippen LogP contribution in [-0.2, 0) is 6.54 Å². The Hall–Kier alpha value is -1.12. The first-order valence-corrected chi connectivity index (χ1v) is 5.85. The summed E-state index contributed by atoms with van der Waals surface area (Å²) in [7, 11) is 0. The van der Waals surface area contributed by atoms with Crippen LogP contribution in [0.4, 0.5) is 0 Å². The van der Waals surface area contributed by atoms with Gasteiger partial charge in [-0.1, -0.05) is 42.5 Å². The highest BCUT2D eigenvalue weighted by atomic mass is 16.3. The van der Waals surface area contributed by atoms with Gasteiger partial charge in [-0.15, -0.1) is 0 Å². The van der Waals surface area contributed by atoms with Crippen molar-refractivity contribution in [1.29, 1.82) is 0 Å². The Bertz CT molecular complexity index is 347. The monoisotopic (exact) mass is 217 g/mol. The van der Waals surface area contributed by atoms with E-state index in [0.717, 1.165) is 25.9 Å². The van der Waals surface area contributed by atoms with E-state index >= 15 is 0 Å². The summed E-state index contributed by atoms with van der Waals surface area (Å²) in [6, 6.07) is 10.7. The Labute approximate surface area is 97.2 Å². The fourth-order valence-electron chi connectivity index (χ4n) is 2.25. The number of hydrogen-bond donors (Lipinski definition) is 1. The van der Waals surface area contributed by atoms with E-state index in [0.29, 0.717) is 0 Å². The van der Waals surface area contributed by atoms with E-state index in [1.54, 1.807) is 0 Å². The third-order valence-electron chi connectivity index (χ3n) is 3.23. The first kappa shape index (κ1) is 11.4. The summed E-state index contributed by atoms with van der Waals surface area (Å²) in [5, 5.41) is 9.37. The molecule has 1 aliphatic rings. The van der Waals surface area contributed by atoms with Crippen molar-refractivity contribution in [1.82, 2.24) is 4.90 Å². The molecule has 1 fully saturated rings. The second-order valence-corrected chi connectivity index (χ2v) is 4.50. The maximum Gasteiger partial charge on any atom is 0.0590 e. The van der Waals surface area contributed by atoms with Gasteiger partial charge >= 0.3 is 0 Å². The van der Waals surface area contributed by atoms with Crippen LogP contribution in [0.3, 0.4) is 0 Å². The highest BCUT2D eigenvalue weighted by Gasteiger charge is 2.23. The number of nitrogens with zero attached hydrogens (tertiary/aromatic N) is 1. The number of benzene rings is 1. The van der Waals surface area contributed by atoms with E-state index in [1.807, 2.05) is 6.07 Å². The third kappa shape index (κ3) is 2.71. The van der Waals surface area contributed by atoms with Crippen LogP contribution in [0.1, 0.15) is 18.4 Å². The quantitative estimate of drug-likeness (QED) is 0.785. The normalized spacial score (nSPS) is 22.3. The predicted octanol–water partition coefficient (Wildman–Crippen LogP) is 2.20. The summed E-state index contributed by atoms with van der Waals surface area (Å²) < 4.78 is 0. The smallest absolute Gasteiger partial charge is 0.0590 e. The molecule has 0 unspecified atom stereocenters. The van der Waals surface area contributed by atoms with Gasteiger partial charge in [0.2, 0.25) is 0 Å². The van der Waals surface area contributed by atoms with E-state index in [9.17, 15) is 5.11 Å². The second-order valence-electron chi connectivity index (χ2n) is 4.50. The zero-order valence-electron chi connectivity index (χ0n) is 9.60. The number of likely N-dealkylation sites (tertiary alicyclic amines) is 1. The van der Waals surface area contributed by atoms with Crippen LogP contribution in [0.2, 0.25) is 0 Å². The Morgan fingerprint density at radius 1 is 1.31 bits per heavy atom. The largest absolute Gasteiger partial charge is 0.395 e. The molecule has 0 aromatic heterocycles. The summed E-state index contributed by atoms with van der Waals surface area (Å²) in [5.41, 5.74) is 2.58. The Morgan fingerprint density at radius 2 is 2.06 bits per heavy atom. The summed E-state index contributed by atoms with van der Waals surface area (Å²) in [6.45, 7) is 6.19. The molecule has 86 valence electrons. The number of rotatable bonds is 3. The van der Waals surface area contributed by atoms with E-state index in [1.165, 1.54) is 11.1 Å². The molecule has 1 aliphatic heterocycles. The standard InChI is InChI=1S/C14H19NO/c1-12-7-8-15(14(9-12)11-16)10-13-5-3-2-4-6-13/h2-6,14,16H,1,7-11H2/t14-/m1/s1. The first-order chi connectivity index (χ1) is 7.79. The second kappa shape index (κ2) is 5.28. The molecule has 16 heavy (non-hydrogen) atoms. The summed E-state index contributed by atoms with van der Waals surface area (Å²) in [6.07, 6.45) is 1.99. The van der Waals surface area contributed by atoms with Crippen molar-refractivity contribution in [2.24, 2.45) is 0 Å². The molecule has 0 amide bonds. The summed E-state index contributed by atoms with van der Waals surface area (Å²) in [4.78, 5) is 2.35. The van der Waals surface area contributed by atoms with E-state index in [4.69, 9.17) is 0 Å². The highest BCUT2D eigenvalue weighted by molar-refractivity contribution is 5.15. The molecule has 2 nitrogen and oxygen atoms in total. The number of piperidine rings is 1. The minimum Gasteiger partial charge on any atom is -0.395 e. The molecule has 2 rings (SSSR count). The van der Waals surface area contributed by atoms with Gasteiger partial charge in [-0.3, -0.25) is 4.90 Å². The fourth-order valence-corrected chi connectivity index (χ4v) is 2.25. The molecule has 1 N–H and O–H groups in total. The van der Waals surface area contributed by atoms with E-state index in [2.05, 4.69) is 35.7 Å². The maximum absolute atomic E-state index is 9.37. The molecule has 1 heterocycles. The van der Waals surface area contributed by atoms with Crippen molar-refractivity contribution in [3.63, 3.8) is 0 Å².